The number of rotatable bonds is 5. The van der Waals surface area contributed by atoms with Crippen LogP contribution in [0, 0.1) is 5.82 Å². The maximum Gasteiger partial charge on any atom is 0.202 e. The molecule has 0 bridgehead atoms. The first-order valence-corrected chi connectivity index (χ1v) is 7.82. The van der Waals surface area contributed by atoms with Crippen LogP contribution in [0.5, 0.6) is 11.5 Å². The van der Waals surface area contributed by atoms with Gasteiger partial charge in [0.15, 0.2) is 11.5 Å². The molecular weight excluding hydrogens is 345 g/mol. The van der Waals surface area contributed by atoms with E-state index >= 15 is 0 Å². The van der Waals surface area contributed by atoms with Gasteiger partial charge < -0.3 is 14.0 Å². The lowest BCUT2D eigenvalue weighted by Crippen LogP contribution is -2.11. The molecule has 0 fully saturated rings. The van der Waals surface area contributed by atoms with Crippen LogP contribution < -0.4 is 9.47 Å². The predicted molar refractivity (Wildman–Crippen MR) is 93.7 cm³/mol. The topological polar surface area (TPSA) is 40.5 Å². The monoisotopic (exact) mass is 359 g/mol. The average molecular weight is 360 g/mol. The van der Waals surface area contributed by atoms with Gasteiger partial charge in [-0.3, -0.25) is 4.79 Å². The molecule has 0 amide bonds. The third-order valence-corrected chi connectivity index (χ3v) is 4.04. The lowest BCUT2D eigenvalue weighted by Gasteiger charge is -2.15. The van der Waals surface area contributed by atoms with Crippen LogP contribution in [0.25, 0.3) is 5.69 Å². The number of ether oxygens (including phenoxy) is 2. The number of halogens is 2. The number of benzene rings is 2. The first-order valence-electron chi connectivity index (χ1n) is 7.45. The normalized spacial score (nSPS) is 10.6. The molecule has 3 rings (SSSR count). The summed E-state index contributed by atoms with van der Waals surface area (Å²) in [5.74, 6) is -0.914. The Hall–Kier alpha value is -2.79. The Kier molecular flexibility index (Phi) is 4.76. The quantitative estimate of drug-likeness (QED) is 0.629. The molecular formula is C19H15ClFNO3. The average Bonchev–Trinajstić information content (AvgIpc) is 3.15. The van der Waals surface area contributed by atoms with Crippen molar-refractivity contribution in [3.05, 3.63) is 76.8 Å². The van der Waals surface area contributed by atoms with Crippen LogP contribution in [0.3, 0.4) is 0 Å². The van der Waals surface area contributed by atoms with E-state index in [0.29, 0.717) is 10.7 Å². The van der Waals surface area contributed by atoms with Crippen LogP contribution in [-0.2, 0) is 0 Å². The van der Waals surface area contributed by atoms with Crippen LogP contribution >= 0.6 is 11.6 Å². The fourth-order valence-electron chi connectivity index (χ4n) is 2.66. The Labute approximate surface area is 149 Å². The van der Waals surface area contributed by atoms with Gasteiger partial charge in [-0.1, -0.05) is 11.6 Å². The van der Waals surface area contributed by atoms with Gasteiger partial charge in [0.25, 0.3) is 0 Å². The second-order valence-corrected chi connectivity index (χ2v) is 5.68. The van der Waals surface area contributed by atoms with Gasteiger partial charge in [0.2, 0.25) is 5.78 Å². The molecule has 0 saturated carbocycles. The largest absolute Gasteiger partial charge is 0.493 e. The maximum atomic E-state index is 14.5. The molecule has 0 aliphatic rings. The van der Waals surface area contributed by atoms with Crippen molar-refractivity contribution in [1.82, 2.24) is 4.57 Å². The summed E-state index contributed by atoms with van der Waals surface area (Å²) >= 11 is 6.07. The van der Waals surface area contributed by atoms with E-state index in [2.05, 4.69) is 0 Å². The van der Waals surface area contributed by atoms with Gasteiger partial charge in [0, 0.05) is 23.0 Å². The Balaban J connectivity index is 2.22. The Bertz CT molecular complexity index is 923. The number of methoxy groups -OCH3 is 2. The van der Waals surface area contributed by atoms with Crippen LogP contribution in [0.4, 0.5) is 4.39 Å². The van der Waals surface area contributed by atoms with E-state index in [1.807, 2.05) is 12.1 Å². The molecule has 3 aromatic rings. The molecule has 0 N–H and O–H groups in total. The van der Waals surface area contributed by atoms with Crippen molar-refractivity contribution < 1.29 is 18.7 Å². The van der Waals surface area contributed by atoms with E-state index in [9.17, 15) is 9.18 Å². The number of hydrogen-bond donors (Lipinski definition) is 0. The lowest BCUT2D eigenvalue weighted by atomic mass is 9.99. The van der Waals surface area contributed by atoms with E-state index in [1.54, 1.807) is 29.1 Å². The van der Waals surface area contributed by atoms with Crippen LogP contribution in [-0.4, -0.2) is 24.6 Å². The molecule has 128 valence electrons. The van der Waals surface area contributed by atoms with Crippen molar-refractivity contribution in [3.63, 3.8) is 0 Å². The van der Waals surface area contributed by atoms with Gasteiger partial charge in [-0.05, 0) is 42.5 Å². The zero-order valence-corrected chi connectivity index (χ0v) is 14.4. The van der Waals surface area contributed by atoms with E-state index in [1.165, 1.54) is 32.4 Å². The third kappa shape index (κ3) is 3.10. The summed E-state index contributed by atoms with van der Waals surface area (Å²) in [6.45, 7) is 0. The molecule has 0 radical (unpaired) electrons. The molecule has 0 aliphatic carbocycles. The molecule has 0 aliphatic heterocycles. The predicted octanol–water partition coefficient (Wildman–Crippen LogP) is 4.52. The van der Waals surface area contributed by atoms with Gasteiger partial charge >= 0.3 is 0 Å². The third-order valence-electron chi connectivity index (χ3n) is 3.81. The first kappa shape index (κ1) is 17.0. The van der Waals surface area contributed by atoms with Crippen molar-refractivity contribution in [2.75, 3.05) is 14.2 Å². The second kappa shape index (κ2) is 6.99. The SMILES string of the molecule is COc1ccc(F)c(C(=O)c2cc(Cl)ccc2-n2cccc2)c1OC. The highest BCUT2D eigenvalue weighted by Crippen LogP contribution is 2.35. The van der Waals surface area contributed by atoms with Gasteiger partial charge in [0.1, 0.15) is 11.4 Å². The summed E-state index contributed by atoms with van der Waals surface area (Å²) in [4.78, 5) is 13.1. The van der Waals surface area contributed by atoms with E-state index in [4.69, 9.17) is 21.1 Å². The molecule has 0 atom stereocenters. The van der Waals surface area contributed by atoms with E-state index in [0.717, 1.165) is 0 Å². The molecule has 2 aromatic carbocycles. The van der Waals surface area contributed by atoms with Crippen molar-refractivity contribution in [1.29, 1.82) is 0 Å². The number of carbonyl (C=O) groups excluding carboxylic acids is 1. The standard InChI is InChI=1S/C19H15ClFNO3/c1-24-16-8-6-14(21)17(19(16)25-2)18(23)13-11-12(20)5-7-15(13)22-9-3-4-10-22/h3-11H,1-2H3. The fraction of sp³-hybridized carbons (Fsp3) is 0.105. The zero-order valence-electron chi connectivity index (χ0n) is 13.6. The molecule has 0 spiro atoms. The molecule has 6 heteroatoms. The number of ketones is 1. The highest BCUT2D eigenvalue weighted by atomic mass is 35.5. The van der Waals surface area contributed by atoms with Gasteiger partial charge in [-0.15, -0.1) is 0 Å². The number of nitrogens with zero attached hydrogens (tertiary/aromatic N) is 1. The van der Waals surface area contributed by atoms with E-state index < -0.39 is 11.6 Å². The van der Waals surface area contributed by atoms with Crippen LogP contribution in [0.15, 0.2) is 54.9 Å². The first-order chi connectivity index (χ1) is 12.1. The van der Waals surface area contributed by atoms with Crippen LogP contribution in [0.1, 0.15) is 15.9 Å². The minimum absolute atomic E-state index is 0.0472. The molecule has 0 unspecified atom stereocenters. The van der Waals surface area contributed by atoms with Crippen molar-refractivity contribution >= 4 is 17.4 Å². The lowest BCUT2D eigenvalue weighted by molar-refractivity contribution is 0.103. The Morgan fingerprint density at radius 2 is 1.80 bits per heavy atom. The van der Waals surface area contributed by atoms with Crippen molar-refractivity contribution in [2.24, 2.45) is 0 Å². The zero-order chi connectivity index (χ0) is 18.0. The Morgan fingerprint density at radius 3 is 2.44 bits per heavy atom. The number of carbonyl (C=O) groups is 1. The summed E-state index contributed by atoms with van der Waals surface area (Å²) in [6, 6.07) is 11.1. The number of aromatic nitrogens is 1. The smallest absolute Gasteiger partial charge is 0.202 e. The second-order valence-electron chi connectivity index (χ2n) is 5.24. The molecule has 25 heavy (non-hydrogen) atoms. The highest BCUT2D eigenvalue weighted by molar-refractivity contribution is 6.31. The summed E-state index contributed by atoms with van der Waals surface area (Å²) in [6.07, 6.45) is 3.58. The van der Waals surface area contributed by atoms with E-state index in [-0.39, 0.29) is 22.6 Å². The minimum Gasteiger partial charge on any atom is -0.493 e. The maximum absolute atomic E-state index is 14.5. The van der Waals surface area contributed by atoms with Crippen LogP contribution in [0.2, 0.25) is 5.02 Å². The number of hydrogen-bond acceptors (Lipinski definition) is 3. The summed E-state index contributed by atoms with van der Waals surface area (Å²) in [5, 5.41) is 0.376. The fourth-order valence-corrected chi connectivity index (χ4v) is 2.83. The minimum atomic E-state index is -0.693. The summed E-state index contributed by atoms with van der Waals surface area (Å²) in [5.41, 5.74) is 0.648. The summed E-state index contributed by atoms with van der Waals surface area (Å²) in [7, 11) is 2.79. The Morgan fingerprint density at radius 1 is 1.08 bits per heavy atom. The molecule has 1 heterocycles. The van der Waals surface area contributed by atoms with Gasteiger partial charge in [-0.2, -0.15) is 0 Å². The highest BCUT2D eigenvalue weighted by Gasteiger charge is 2.25. The molecule has 1 aromatic heterocycles. The summed E-state index contributed by atoms with van der Waals surface area (Å²) < 4.78 is 26.6. The van der Waals surface area contributed by atoms with Gasteiger partial charge in [0.05, 0.1) is 19.9 Å². The molecule has 0 saturated heterocycles. The van der Waals surface area contributed by atoms with Gasteiger partial charge in [-0.25, -0.2) is 4.39 Å². The van der Waals surface area contributed by atoms with Crippen molar-refractivity contribution in [2.45, 2.75) is 0 Å². The molecule has 4 nitrogen and oxygen atoms in total. The van der Waals surface area contributed by atoms with Crippen molar-refractivity contribution in [3.8, 4) is 17.2 Å².